The quantitative estimate of drug-likeness (QED) is 0.934. The van der Waals surface area contributed by atoms with Crippen molar-refractivity contribution in [2.45, 2.75) is 26.5 Å². The van der Waals surface area contributed by atoms with Gasteiger partial charge in [-0.15, -0.1) is 0 Å². The third kappa shape index (κ3) is 2.99. The summed E-state index contributed by atoms with van der Waals surface area (Å²) < 4.78 is 15.4. The number of hydrogen-bond acceptors (Lipinski definition) is 3. The summed E-state index contributed by atoms with van der Waals surface area (Å²) in [5.74, 6) is -0.292. The SMILES string of the molecule is Cc1cc(N(C)Cc2cnn(C)c2)c([C@H](C)O)cc1F. The van der Waals surface area contributed by atoms with E-state index in [9.17, 15) is 9.50 Å². The zero-order chi connectivity index (χ0) is 14.9. The first-order valence-corrected chi connectivity index (χ1v) is 6.55. The van der Waals surface area contributed by atoms with Gasteiger partial charge in [0.25, 0.3) is 0 Å². The Hall–Kier alpha value is -1.88. The fraction of sp³-hybridized carbons (Fsp3) is 0.400. The molecule has 2 rings (SSSR count). The average Bonchev–Trinajstić information content (AvgIpc) is 2.77. The second-order valence-electron chi connectivity index (χ2n) is 5.21. The van der Waals surface area contributed by atoms with Crippen molar-refractivity contribution >= 4 is 5.69 Å². The van der Waals surface area contributed by atoms with E-state index in [1.165, 1.54) is 6.07 Å². The first-order valence-electron chi connectivity index (χ1n) is 6.55. The van der Waals surface area contributed by atoms with Crippen LogP contribution >= 0.6 is 0 Å². The van der Waals surface area contributed by atoms with Gasteiger partial charge in [0, 0.05) is 43.7 Å². The Labute approximate surface area is 118 Å². The zero-order valence-electron chi connectivity index (χ0n) is 12.3. The van der Waals surface area contributed by atoms with E-state index in [1.54, 1.807) is 30.8 Å². The second-order valence-corrected chi connectivity index (χ2v) is 5.21. The normalized spacial score (nSPS) is 12.5. The lowest BCUT2D eigenvalue weighted by molar-refractivity contribution is 0.199. The maximum absolute atomic E-state index is 13.7. The average molecular weight is 277 g/mol. The monoisotopic (exact) mass is 277 g/mol. The molecule has 5 heteroatoms. The molecule has 1 aromatic heterocycles. The number of aromatic nitrogens is 2. The minimum absolute atomic E-state index is 0.292. The molecule has 0 aliphatic heterocycles. The standard InChI is InChI=1S/C15H20FN3O/c1-10-5-15(13(11(2)20)6-14(10)16)18(3)8-12-7-17-19(4)9-12/h5-7,9,11,20H,8H2,1-4H3/t11-/m0/s1. The van der Waals surface area contributed by atoms with Gasteiger partial charge in [0.15, 0.2) is 0 Å². The molecule has 2 aromatic rings. The van der Waals surface area contributed by atoms with E-state index in [2.05, 4.69) is 5.10 Å². The number of aryl methyl sites for hydroxylation is 2. The molecular formula is C15H20FN3O. The van der Waals surface area contributed by atoms with Gasteiger partial charge in [0.1, 0.15) is 5.82 Å². The highest BCUT2D eigenvalue weighted by molar-refractivity contribution is 5.56. The molecule has 0 aliphatic carbocycles. The molecule has 0 bridgehead atoms. The molecule has 0 amide bonds. The van der Waals surface area contributed by atoms with Crippen molar-refractivity contribution in [3.63, 3.8) is 0 Å². The van der Waals surface area contributed by atoms with Crippen molar-refractivity contribution in [2.75, 3.05) is 11.9 Å². The summed E-state index contributed by atoms with van der Waals surface area (Å²) in [6, 6.07) is 3.18. The predicted octanol–water partition coefficient (Wildman–Crippen LogP) is 2.56. The van der Waals surface area contributed by atoms with Crippen LogP contribution in [-0.2, 0) is 13.6 Å². The minimum Gasteiger partial charge on any atom is -0.389 e. The van der Waals surface area contributed by atoms with Crippen LogP contribution in [0.4, 0.5) is 10.1 Å². The van der Waals surface area contributed by atoms with E-state index < -0.39 is 6.10 Å². The molecule has 4 nitrogen and oxygen atoms in total. The van der Waals surface area contributed by atoms with Crippen LogP contribution in [0.5, 0.6) is 0 Å². The molecule has 0 aliphatic rings. The van der Waals surface area contributed by atoms with Crippen LogP contribution in [0.2, 0.25) is 0 Å². The maximum atomic E-state index is 13.7. The van der Waals surface area contributed by atoms with Gasteiger partial charge < -0.3 is 10.0 Å². The van der Waals surface area contributed by atoms with Crippen LogP contribution in [0.25, 0.3) is 0 Å². The second kappa shape index (κ2) is 5.63. The lowest BCUT2D eigenvalue weighted by atomic mass is 10.0. The van der Waals surface area contributed by atoms with Crippen LogP contribution < -0.4 is 4.90 Å². The summed E-state index contributed by atoms with van der Waals surface area (Å²) in [5.41, 5.74) is 3.07. The molecule has 0 fully saturated rings. The molecule has 0 saturated carbocycles. The number of nitrogens with zero attached hydrogens (tertiary/aromatic N) is 3. The lowest BCUT2D eigenvalue weighted by Crippen LogP contribution is -2.19. The summed E-state index contributed by atoms with van der Waals surface area (Å²) in [7, 11) is 3.79. The largest absolute Gasteiger partial charge is 0.389 e. The third-order valence-corrected chi connectivity index (χ3v) is 3.35. The Morgan fingerprint density at radius 2 is 2.15 bits per heavy atom. The Morgan fingerprint density at radius 3 is 2.70 bits per heavy atom. The molecule has 20 heavy (non-hydrogen) atoms. The number of benzene rings is 1. The van der Waals surface area contributed by atoms with Crippen LogP contribution in [0, 0.1) is 12.7 Å². The topological polar surface area (TPSA) is 41.3 Å². The van der Waals surface area contributed by atoms with Crippen molar-refractivity contribution in [1.29, 1.82) is 0 Å². The van der Waals surface area contributed by atoms with Crippen LogP contribution in [0.3, 0.4) is 0 Å². The third-order valence-electron chi connectivity index (χ3n) is 3.35. The highest BCUT2D eigenvalue weighted by atomic mass is 19.1. The van der Waals surface area contributed by atoms with Crippen molar-refractivity contribution in [3.05, 3.63) is 47.0 Å². The van der Waals surface area contributed by atoms with Gasteiger partial charge in [-0.05, 0) is 31.5 Å². The number of aliphatic hydroxyl groups is 1. The molecule has 1 aromatic carbocycles. The molecule has 1 heterocycles. The van der Waals surface area contributed by atoms with Crippen LogP contribution in [0.15, 0.2) is 24.5 Å². The molecule has 1 N–H and O–H groups in total. The van der Waals surface area contributed by atoms with E-state index in [4.69, 9.17) is 0 Å². The maximum Gasteiger partial charge on any atom is 0.126 e. The van der Waals surface area contributed by atoms with Crippen LogP contribution in [0.1, 0.15) is 29.7 Å². The predicted molar refractivity (Wildman–Crippen MR) is 77.1 cm³/mol. The molecule has 108 valence electrons. The molecule has 0 radical (unpaired) electrons. The van der Waals surface area contributed by atoms with Gasteiger partial charge in [-0.3, -0.25) is 4.68 Å². The van der Waals surface area contributed by atoms with Gasteiger partial charge in [0.2, 0.25) is 0 Å². The Kier molecular flexibility index (Phi) is 4.09. The van der Waals surface area contributed by atoms with Gasteiger partial charge >= 0.3 is 0 Å². The summed E-state index contributed by atoms with van der Waals surface area (Å²) in [6.07, 6.45) is 3.03. The summed E-state index contributed by atoms with van der Waals surface area (Å²) in [6.45, 7) is 4.02. The van der Waals surface area contributed by atoms with Crippen molar-refractivity contribution in [1.82, 2.24) is 9.78 Å². The van der Waals surface area contributed by atoms with Gasteiger partial charge in [-0.25, -0.2) is 4.39 Å². The smallest absolute Gasteiger partial charge is 0.126 e. The van der Waals surface area contributed by atoms with E-state index >= 15 is 0 Å². The Bertz CT molecular complexity index is 607. The minimum atomic E-state index is -0.712. The summed E-state index contributed by atoms with van der Waals surface area (Å²) in [5, 5.41) is 14.0. The number of rotatable bonds is 4. The fourth-order valence-electron chi connectivity index (χ4n) is 2.26. The van der Waals surface area contributed by atoms with E-state index in [-0.39, 0.29) is 5.82 Å². The fourth-order valence-corrected chi connectivity index (χ4v) is 2.26. The molecule has 0 spiro atoms. The van der Waals surface area contributed by atoms with E-state index in [1.807, 2.05) is 25.2 Å². The van der Waals surface area contributed by atoms with Crippen LogP contribution in [-0.4, -0.2) is 21.9 Å². The summed E-state index contributed by atoms with van der Waals surface area (Å²) in [4.78, 5) is 1.99. The highest BCUT2D eigenvalue weighted by Gasteiger charge is 2.15. The first kappa shape index (κ1) is 14.5. The first-order chi connectivity index (χ1) is 9.38. The lowest BCUT2D eigenvalue weighted by Gasteiger charge is -2.24. The molecule has 0 unspecified atom stereocenters. The van der Waals surface area contributed by atoms with Gasteiger partial charge in [0.05, 0.1) is 12.3 Å². The van der Waals surface area contributed by atoms with Crippen molar-refractivity contribution in [2.24, 2.45) is 7.05 Å². The van der Waals surface area contributed by atoms with E-state index in [0.717, 1.165) is 11.3 Å². The molecule has 1 atom stereocenters. The van der Waals surface area contributed by atoms with Crippen molar-refractivity contribution < 1.29 is 9.50 Å². The van der Waals surface area contributed by atoms with E-state index in [0.29, 0.717) is 17.7 Å². The zero-order valence-corrected chi connectivity index (χ0v) is 12.3. The summed E-state index contributed by atoms with van der Waals surface area (Å²) >= 11 is 0. The van der Waals surface area contributed by atoms with Gasteiger partial charge in [-0.1, -0.05) is 0 Å². The number of aliphatic hydroxyl groups excluding tert-OH is 1. The number of anilines is 1. The Morgan fingerprint density at radius 1 is 1.45 bits per heavy atom. The number of halogens is 1. The molecule has 0 saturated heterocycles. The van der Waals surface area contributed by atoms with Crippen molar-refractivity contribution in [3.8, 4) is 0 Å². The molecular weight excluding hydrogens is 257 g/mol. The number of hydrogen-bond donors (Lipinski definition) is 1. The Balaban J connectivity index is 2.33. The highest BCUT2D eigenvalue weighted by Crippen LogP contribution is 2.29. The van der Waals surface area contributed by atoms with Gasteiger partial charge in [-0.2, -0.15) is 5.10 Å².